The minimum absolute atomic E-state index is 0.133. The summed E-state index contributed by atoms with van der Waals surface area (Å²) in [6.45, 7) is 15.9. The lowest BCUT2D eigenvalue weighted by atomic mass is 10.2. The normalized spacial score (nSPS) is 11.3. The van der Waals surface area contributed by atoms with Crippen molar-refractivity contribution in [3.63, 3.8) is 0 Å². The van der Waals surface area contributed by atoms with Crippen molar-refractivity contribution in [1.82, 2.24) is 28.5 Å². The van der Waals surface area contributed by atoms with Crippen molar-refractivity contribution in [2.75, 3.05) is 0 Å². The lowest BCUT2D eigenvalue weighted by Gasteiger charge is -2.11. The molecule has 142 valence electrons. The third-order valence-electron chi connectivity index (χ3n) is 4.79. The lowest BCUT2D eigenvalue weighted by molar-refractivity contribution is 0.660. The third-order valence-corrected chi connectivity index (χ3v) is 4.79. The van der Waals surface area contributed by atoms with Crippen LogP contribution >= 0.6 is 0 Å². The van der Waals surface area contributed by atoms with E-state index in [1.54, 1.807) is 16.3 Å². The molecule has 8 nitrogen and oxygen atoms in total. The topological polar surface area (TPSA) is 79.6 Å². The van der Waals surface area contributed by atoms with Crippen LogP contribution in [0.15, 0.2) is 34.4 Å². The molecule has 3 aromatic heterocycles. The highest BCUT2D eigenvalue weighted by atomic mass is 16.2. The van der Waals surface area contributed by atoms with E-state index in [2.05, 4.69) is 23.2 Å². The number of fused-ring (bicyclic) bond motifs is 1. The summed E-state index contributed by atoms with van der Waals surface area (Å²) in [4.78, 5) is 30.3. The zero-order valence-corrected chi connectivity index (χ0v) is 16.4. The first kappa shape index (κ1) is 18.6. The third kappa shape index (κ3) is 2.77. The van der Waals surface area contributed by atoms with Crippen LogP contribution in [0.3, 0.4) is 0 Å². The average molecular weight is 368 g/mol. The first-order valence-electron chi connectivity index (χ1n) is 8.67. The van der Waals surface area contributed by atoms with Gasteiger partial charge in [-0.3, -0.25) is 18.5 Å². The van der Waals surface area contributed by atoms with Gasteiger partial charge in [-0.1, -0.05) is 18.2 Å². The Morgan fingerprint density at radius 3 is 2.37 bits per heavy atom. The first-order valence-corrected chi connectivity index (χ1v) is 8.67. The predicted octanol–water partition coefficient (Wildman–Crippen LogP) is 1.77. The molecule has 0 aliphatic heterocycles. The van der Waals surface area contributed by atoms with Crippen LogP contribution in [0.4, 0.5) is 0 Å². The van der Waals surface area contributed by atoms with Crippen molar-refractivity contribution in [2.24, 2.45) is 7.05 Å². The van der Waals surface area contributed by atoms with Crippen LogP contribution in [0, 0.1) is 20.8 Å². The van der Waals surface area contributed by atoms with Crippen LogP contribution in [-0.2, 0) is 20.1 Å². The number of rotatable bonds is 5. The van der Waals surface area contributed by atoms with Crippen LogP contribution < -0.4 is 11.2 Å². The fourth-order valence-corrected chi connectivity index (χ4v) is 3.15. The quantitative estimate of drug-likeness (QED) is 0.643. The van der Waals surface area contributed by atoms with Crippen molar-refractivity contribution in [3.8, 4) is 5.95 Å². The van der Waals surface area contributed by atoms with Gasteiger partial charge in [-0.05, 0) is 33.3 Å². The van der Waals surface area contributed by atoms with Gasteiger partial charge in [0.15, 0.2) is 11.2 Å². The Kier molecular flexibility index (Phi) is 4.51. The summed E-state index contributed by atoms with van der Waals surface area (Å²) in [5.74, 6) is 0.491. The van der Waals surface area contributed by atoms with E-state index < -0.39 is 11.2 Å². The monoisotopic (exact) mass is 368 g/mol. The molecule has 8 heteroatoms. The van der Waals surface area contributed by atoms with E-state index in [1.165, 1.54) is 10.6 Å². The van der Waals surface area contributed by atoms with Crippen molar-refractivity contribution in [3.05, 3.63) is 62.6 Å². The highest BCUT2D eigenvalue weighted by molar-refractivity contribution is 5.73. The zero-order chi connectivity index (χ0) is 20.0. The summed E-state index contributed by atoms with van der Waals surface area (Å²) < 4.78 is 6.03. The molecule has 0 aliphatic carbocycles. The highest BCUT2D eigenvalue weighted by Crippen LogP contribution is 2.20. The molecule has 3 rings (SSSR count). The maximum Gasteiger partial charge on any atom is 0.332 e. The van der Waals surface area contributed by atoms with Gasteiger partial charge in [0.1, 0.15) is 0 Å². The fourth-order valence-electron chi connectivity index (χ4n) is 3.15. The van der Waals surface area contributed by atoms with Crippen molar-refractivity contribution < 1.29 is 0 Å². The second-order valence-electron chi connectivity index (χ2n) is 6.88. The lowest BCUT2D eigenvalue weighted by Crippen LogP contribution is -2.39. The Hall–Kier alpha value is -3.16. The maximum absolute atomic E-state index is 13.1. The Bertz CT molecular complexity index is 1200. The molecular formula is C19H24N6O2. The molecule has 3 heterocycles. The number of nitrogens with zero attached hydrogens (tertiary/aromatic N) is 6. The molecule has 0 unspecified atom stereocenters. The molecule has 0 spiro atoms. The molecule has 0 aliphatic rings. The van der Waals surface area contributed by atoms with Gasteiger partial charge in [-0.25, -0.2) is 9.48 Å². The van der Waals surface area contributed by atoms with Crippen LogP contribution in [0.1, 0.15) is 23.9 Å². The molecule has 0 fully saturated rings. The number of aryl methyl sites for hydroxylation is 2. The minimum Gasteiger partial charge on any atom is -0.298 e. The SMILES string of the molecule is C=CCn1c(=O)c2c(nc(-n3nc(C)c(C)c3C)n2CC(=C)C)n(C)c1=O. The highest BCUT2D eigenvalue weighted by Gasteiger charge is 2.23. The van der Waals surface area contributed by atoms with Crippen LogP contribution in [0.25, 0.3) is 17.1 Å². The summed E-state index contributed by atoms with van der Waals surface area (Å²) in [7, 11) is 1.61. The van der Waals surface area contributed by atoms with E-state index >= 15 is 0 Å². The van der Waals surface area contributed by atoms with Crippen molar-refractivity contribution >= 4 is 11.2 Å². The van der Waals surface area contributed by atoms with Gasteiger partial charge in [0.2, 0.25) is 5.95 Å². The number of allylic oxidation sites excluding steroid dienone is 2. The summed E-state index contributed by atoms with van der Waals surface area (Å²) in [6, 6.07) is 0. The maximum atomic E-state index is 13.1. The molecule has 3 aromatic rings. The number of aromatic nitrogens is 6. The van der Waals surface area contributed by atoms with E-state index in [9.17, 15) is 9.59 Å². The first-order chi connectivity index (χ1) is 12.7. The van der Waals surface area contributed by atoms with Gasteiger partial charge in [-0.15, -0.1) is 6.58 Å². The summed E-state index contributed by atoms with van der Waals surface area (Å²) in [6.07, 6.45) is 1.53. The Morgan fingerprint density at radius 2 is 1.85 bits per heavy atom. The van der Waals surface area contributed by atoms with Gasteiger partial charge in [0.05, 0.1) is 5.69 Å². The van der Waals surface area contributed by atoms with E-state index in [0.717, 1.165) is 27.1 Å². The molecule has 0 N–H and O–H groups in total. The van der Waals surface area contributed by atoms with Gasteiger partial charge < -0.3 is 0 Å². The number of imidazole rings is 1. The van der Waals surface area contributed by atoms with Crippen LogP contribution in [-0.4, -0.2) is 28.5 Å². The molecule has 0 saturated heterocycles. The molecule has 0 aromatic carbocycles. The average Bonchev–Trinajstić information content (AvgIpc) is 3.09. The molecule has 0 saturated carbocycles. The van der Waals surface area contributed by atoms with Crippen LogP contribution in [0.2, 0.25) is 0 Å². The molecule has 0 radical (unpaired) electrons. The van der Waals surface area contributed by atoms with Gasteiger partial charge >= 0.3 is 5.69 Å². The standard InChI is InChI=1S/C19H24N6O2/c1-8-9-23-17(26)15-16(22(7)19(23)27)20-18(24(15)10-11(2)3)25-14(6)12(4)13(5)21-25/h8H,1-2,9-10H2,3-7H3. The van der Waals surface area contributed by atoms with E-state index in [1.807, 2.05) is 27.7 Å². The van der Waals surface area contributed by atoms with Crippen LogP contribution in [0.5, 0.6) is 0 Å². The van der Waals surface area contributed by atoms with Gasteiger partial charge in [0.25, 0.3) is 5.56 Å². The number of hydrogen-bond donors (Lipinski definition) is 0. The Labute approximate surface area is 156 Å². The molecule has 0 atom stereocenters. The summed E-state index contributed by atoms with van der Waals surface area (Å²) in [5, 5.41) is 4.57. The summed E-state index contributed by atoms with van der Waals surface area (Å²) >= 11 is 0. The van der Waals surface area contributed by atoms with Crippen molar-refractivity contribution in [2.45, 2.75) is 40.8 Å². The summed E-state index contributed by atoms with van der Waals surface area (Å²) in [5.41, 5.74) is 3.59. The van der Waals surface area contributed by atoms with E-state index in [-0.39, 0.29) is 6.54 Å². The molecular weight excluding hydrogens is 344 g/mol. The second kappa shape index (κ2) is 6.53. The Balaban J connectivity index is 2.50. The predicted molar refractivity (Wildman–Crippen MR) is 106 cm³/mol. The number of hydrogen-bond acceptors (Lipinski definition) is 4. The van der Waals surface area contributed by atoms with E-state index in [0.29, 0.717) is 23.7 Å². The largest absolute Gasteiger partial charge is 0.332 e. The van der Waals surface area contributed by atoms with Gasteiger partial charge in [0, 0.05) is 25.8 Å². The van der Waals surface area contributed by atoms with Gasteiger partial charge in [-0.2, -0.15) is 10.1 Å². The van der Waals surface area contributed by atoms with Crippen molar-refractivity contribution in [1.29, 1.82) is 0 Å². The van der Waals surface area contributed by atoms with E-state index in [4.69, 9.17) is 0 Å². The molecule has 0 amide bonds. The molecule has 27 heavy (non-hydrogen) atoms. The smallest absolute Gasteiger partial charge is 0.298 e. The zero-order valence-electron chi connectivity index (χ0n) is 16.4. The minimum atomic E-state index is -0.427. The second-order valence-corrected chi connectivity index (χ2v) is 6.88. The Morgan fingerprint density at radius 1 is 1.19 bits per heavy atom. The fraction of sp³-hybridized carbons (Fsp3) is 0.368. The molecule has 0 bridgehead atoms.